The standard InChI is InChI=1S/C24H29NOS/c1-18-7-6-10-23-24(18)25(17-19-8-4-3-5-9-19)16-15-22(27-23)20-11-13-21(26-2)14-12-20/h3-4,6-7,10-14,19,22H,5,8-9,15-17H2,1-2H3/t19-,22+/m0/s1. The van der Waals surface area contributed by atoms with Crippen molar-refractivity contribution in [1.82, 2.24) is 0 Å². The van der Waals surface area contributed by atoms with Gasteiger partial charge in [0, 0.05) is 23.2 Å². The third kappa shape index (κ3) is 4.19. The summed E-state index contributed by atoms with van der Waals surface area (Å²) in [5, 5.41) is 0.493. The quantitative estimate of drug-likeness (QED) is 0.570. The SMILES string of the molecule is COc1ccc([C@H]2CCN(C[C@H]3CC=CCC3)c3c(C)cccc3S2)cc1. The van der Waals surface area contributed by atoms with Crippen molar-refractivity contribution in [2.24, 2.45) is 5.92 Å². The summed E-state index contributed by atoms with van der Waals surface area (Å²) in [6, 6.07) is 15.4. The van der Waals surface area contributed by atoms with E-state index in [1.54, 1.807) is 7.11 Å². The number of methoxy groups -OCH3 is 1. The number of allylic oxidation sites excluding steroid dienone is 2. The van der Waals surface area contributed by atoms with Crippen LogP contribution >= 0.6 is 11.8 Å². The number of fused-ring (bicyclic) bond motifs is 1. The van der Waals surface area contributed by atoms with E-state index < -0.39 is 0 Å². The summed E-state index contributed by atoms with van der Waals surface area (Å²) in [5.74, 6) is 1.71. The van der Waals surface area contributed by atoms with Crippen molar-refractivity contribution in [3.8, 4) is 5.75 Å². The van der Waals surface area contributed by atoms with Gasteiger partial charge in [0.2, 0.25) is 0 Å². The fraction of sp³-hybridized carbons (Fsp3) is 0.417. The Bertz CT molecular complexity index is 799. The van der Waals surface area contributed by atoms with Gasteiger partial charge in [-0.15, -0.1) is 11.8 Å². The van der Waals surface area contributed by atoms with E-state index in [0.29, 0.717) is 5.25 Å². The highest BCUT2D eigenvalue weighted by Gasteiger charge is 2.26. The Labute approximate surface area is 167 Å². The first kappa shape index (κ1) is 18.5. The number of benzene rings is 2. The number of rotatable bonds is 4. The van der Waals surface area contributed by atoms with Gasteiger partial charge in [0.15, 0.2) is 0 Å². The van der Waals surface area contributed by atoms with Gasteiger partial charge >= 0.3 is 0 Å². The van der Waals surface area contributed by atoms with E-state index >= 15 is 0 Å². The van der Waals surface area contributed by atoms with E-state index in [0.717, 1.165) is 18.2 Å². The monoisotopic (exact) mass is 379 g/mol. The summed E-state index contributed by atoms with van der Waals surface area (Å²) in [6.07, 6.45) is 9.68. The Morgan fingerprint density at radius 1 is 1.07 bits per heavy atom. The molecule has 0 saturated heterocycles. The van der Waals surface area contributed by atoms with Crippen molar-refractivity contribution < 1.29 is 4.74 Å². The molecule has 0 aromatic heterocycles. The zero-order valence-corrected chi connectivity index (χ0v) is 17.2. The number of aryl methyl sites for hydroxylation is 1. The van der Waals surface area contributed by atoms with Crippen LogP contribution in [0.4, 0.5) is 5.69 Å². The molecular formula is C24H29NOS. The van der Waals surface area contributed by atoms with Crippen LogP contribution in [0, 0.1) is 12.8 Å². The van der Waals surface area contributed by atoms with E-state index in [1.165, 1.54) is 53.9 Å². The maximum absolute atomic E-state index is 5.33. The van der Waals surface area contributed by atoms with Crippen LogP contribution in [0.1, 0.15) is 42.1 Å². The molecule has 0 amide bonds. The summed E-state index contributed by atoms with van der Waals surface area (Å²) >= 11 is 2.03. The number of ether oxygens (including phenoxy) is 1. The molecule has 2 aromatic carbocycles. The first-order chi connectivity index (χ1) is 13.2. The molecule has 142 valence electrons. The predicted molar refractivity (Wildman–Crippen MR) is 116 cm³/mol. The maximum atomic E-state index is 5.33. The van der Waals surface area contributed by atoms with Gasteiger partial charge in [-0.05, 0) is 67.9 Å². The molecule has 0 saturated carbocycles. The van der Waals surface area contributed by atoms with E-state index in [4.69, 9.17) is 4.74 Å². The summed E-state index contributed by atoms with van der Waals surface area (Å²) in [6.45, 7) is 4.57. The smallest absolute Gasteiger partial charge is 0.118 e. The predicted octanol–water partition coefficient (Wildman–Crippen LogP) is 6.40. The lowest BCUT2D eigenvalue weighted by Gasteiger charge is -2.31. The minimum Gasteiger partial charge on any atom is -0.497 e. The van der Waals surface area contributed by atoms with E-state index in [1.807, 2.05) is 11.8 Å². The number of hydrogen-bond acceptors (Lipinski definition) is 3. The largest absolute Gasteiger partial charge is 0.497 e. The summed E-state index contributed by atoms with van der Waals surface area (Å²) in [7, 11) is 1.73. The zero-order valence-electron chi connectivity index (χ0n) is 16.4. The topological polar surface area (TPSA) is 12.5 Å². The Morgan fingerprint density at radius 2 is 1.93 bits per heavy atom. The normalized spacial score (nSPS) is 22.2. The molecular weight excluding hydrogens is 350 g/mol. The molecule has 1 aliphatic heterocycles. The van der Waals surface area contributed by atoms with Crippen molar-refractivity contribution in [3.05, 3.63) is 65.7 Å². The average molecular weight is 380 g/mol. The lowest BCUT2D eigenvalue weighted by Crippen LogP contribution is -2.31. The summed E-state index contributed by atoms with van der Waals surface area (Å²) in [4.78, 5) is 4.10. The molecule has 0 spiro atoms. The molecule has 1 heterocycles. The van der Waals surface area contributed by atoms with E-state index in [9.17, 15) is 0 Å². The van der Waals surface area contributed by atoms with Crippen molar-refractivity contribution in [2.75, 3.05) is 25.1 Å². The third-order valence-corrected chi connectivity index (χ3v) is 7.17. The van der Waals surface area contributed by atoms with Gasteiger partial charge in [0.05, 0.1) is 12.8 Å². The average Bonchev–Trinajstić information content (AvgIpc) is 2.89. The molecule has 27 heavy (non-hydrogen) atoms. The minimum absolute atomic E-state index is 0.493. The van der Waals surface area contributed by atoms with Gasteiger partial charge in [-0.1, -0.05) is 36.4 Å². The second-order valence-corrected chi connectivity index (χ2v) is 8.93. The van der Waals surface area contributed by atoms with Crippen LogP contribution in [0.3, 0.4) is 0 Å². The fourth-order valence-electron chi connectivity index (χ4n) is 4.30. The van der Waals surface area contributed by atoms with Crippen molar-refractivity contribution in [1.29, 1.82) is 0 Å². The van der Waals surface area contributed by atoms with Crippen LogP contribution in [0.2, 0.25) is 0 Å². The summed E-state index contributed by atoms with van der Waals surface area (Å²) in [5.41, 5.74) is 4.27. The molecule has 2 nitrogen and oxygen atoms in total. The number of anilines is 1. The molecule has 0 bridgehead atoms. The fourth-order valence-corrected chi connectivity index (χ4v) is 5.68. The second kappa shape index (κ2) is 8.43. The highest BCUT2D eigenvalue weighted by Crippen LogP contribution is 2.46. The maximum Gasteiger partial charge on any atom is 0.118 e. The summed E-state index contributed by atoms with van der Waals surface area (Å²) < 4.78 is 5.33. The molecule has 2 aromatic rings. The second-order valence-electron chi connectivity index (χ2n) is 7.69. The van der Waals surface area contributed by atoms with Crippen molar-refractivity contribution >= 4 is 17.4 Å². The first-order valence-corrected chi connectivity index (χ1v) is 10.9. The van der Waals surface area contributed by atoms with Crippen molar-refractivity contribution in [3.63, 3.8) is 0 Å². The highest BCUT2D eigenvalue weighted by atomic mass is 32.2. The van der Waals surface area contributed by atoms with Crippen LogP contribution in [0.15, 0.2) is 59.5 Å². The Morgan fingerprint density at radius 3 is 2.67 bits per heavy atom. The van der Waals surface area contributed by atoms with Crippen LogP contribution in [-0.2, 0) is 0 Å². The van der Waals surface area contributed by atoms with Gasteiger partial charge < -0.3 is 9.64 Å². The zero-order chi connectivity index (χ0) is 18.6. The first-order valence-electron chi connectivity index (χ1n) is 10.0. The molecule has 0 unspecified atom stereocenters. The van der Waals surface area contributed by atoms with Gasteiger partial charge in [-0.2, -0.15) is 0 Å². The molecule has 0 radical (unpaired) electrons. The number of hydrogen-bond donors (Lipinski definition) is 0. The number of thioether (sulfide) groups is 1. The van der Waals surface area contributed by atoms with Gasteiger partial charge in [-0.25, -0.2) is 0 Å². The van der Waals surface area contributed by atoms with Gasteiger partial charge in [-0.3, -0.25) is 0 Å². The van der Waals surface area contributed by atoms with Gasteiger partial charge in [0.1, 0.15) is 5.75 Å². The van der Waals surface area contributed by atoms with Crippen LogP contribution in [0.25, 0.3) is 0 Å². The van der Waals surface area contributed by atoms with Gasteiger partial charge in [0.25, 0.3) is 0 Å². The number of nitrogens with zero attached hydrogens (tertiary/aromatic N) is 1. The van der Waals surface area contributed by atoms with Crippen molar-refractivity contribution in [2.45, 2.75) is 42.8 Å². The molecule has 3 heteroatoms. The molecule has 2 aliphatic rings. The molecule has 1 aliphatic carbocycles. The van der Waals surface area contributed by atoms with Crippen LogP contribution < -0.4 is 9.64 Å². The Balaban J connectivity index is 1.60. The lowest BCUT2D eigenvalue weighted by atomic mass is 9.93. The van der Waals surface area contributed by atoms with Crippen LogP contribution in [-0.4, -0.2) is 20.2 Å². The lowest BCUT2D eigenvalue weighted by molar-refractivity contribution is 0.414. The van der Waals surface area contributed by atoms with E-state index in [-0.39, 0.29) is 0 Å². The Hall–Kier alpha value is -1.87. The van der Waals surface area contributed by atoms with Crippen LogP contribution in [0.5, 0.6) is 5.75 Å². The molecule has 0 N–H and O–H groups in total. The highest BCUT2D eigenvalue weighted by molar-refractivity contribution is 7.99. The number of para-hydroxylation sites is 1. The molecule has 4 rings (SSSR count). The molecule has 0 fully saturated rings. The van der Waals surface area contributed by atoms with E-state index in [2.05, 4.69) is 66.4 Å². The Kier molecular flexibility index (Phi) is 5.77. The third-order valence-electron chi connectivity index (χ3n) is 5.79. The molecule has 2 atom stereocenters. The minimum atomic E-state index is 0.493.